The van der Waals surface area contributed by atoms with Gasteiger partial charge in [0.2, 0.25) is 15.9 Å². The smallest absolute Gasteiger partial charge is 0.246 e. The van der Waals surface area contributed by atoms with Gasteiger partial charge in [0.15, 0.2) is 0 Å². The number of hydrogen-bond donors (Lipinski definition) is 2. The predicted octanol–water partition coefficient (Wildman–Crippen LogP) is 3.12. The molecule has 1 aromatic rings. The lowest BCUT2D eigenvalue weighted by Gasteiger charge is -2.27. The third kappa shape index (κ3) is 5.42. The third-order valence-corrected chi connectivity index (χ3v) is 7.74. The van der Waals surface area contributed by atoms with Gasteiger partial charge in [-0.25, -0.2) is 8.42 Å². The molecule has 162 valence electrons. The van der Waals surface area contributed by atoms with Crippen LogP contribution in [-0.4, -0.2) is 50.9 Å². The van der Waals surface area contributed by atoms with Crippen LogP contribution >= 0.6 is 0 Å². The van der Waals surface area contributed by atoms with Gasteiger partial charge in [-0.15, -0.1) is 0 Å². The van der Waals surface area contributed by atoms with Crippen LogP contribution in [0.3, 0.4) is 0 Å². The molecular weight excluding hydrogens is 390 g/mol. The van der Waals surface area contributed by atoms with E-state index < -0.39 is 16.1 Å². The summed E-state index contributed by atoms with van der Waals surface area (Å²) in [5.74, 6) is 0.258. The average Bonchev–Trinajstić information content (AvgIpc) is 2.75. The van der Waals surface area contributed by atoms with Crippen molar-refractivity contribution in [1.29, 1.82) is 0 Å². The number of hydrogen-bond acceptors (Lipinski definition) is 5. The van der Waals surface area contributed by atoms with Crippen molar-refractivity contribution in [1.82, 2.24) is 9.62 Å². The van der Waals surface area contributed by atoms with Crippen LogP contribution < -0.4 is 15.4 Å². The third-order valence-electron chi connectivity index (χ3n) is 5.82. The Bertz CT molecular complexity index is 800. The molecule has 0 radical (unpaired) electrons. The number of ether oxygens (including phenoxy) is 1. The standard InChI is InChI=1S/C21H33N3O4S/c1-16(21(25)23-17-9-5-3-6-10-17)22-18-11-12-19(28-2)20(15-18)29(26,27)24-13-7-4-8-14-24/h11-12,15-17,22H,3-10,13-14H2,1-2H3,(H,23,25). The van der Waals surface area contributed by atoms with Crippen LogP contribution in [0.1, 0.15) is 58.3 Å². The van der Waals surface area contributed by atoms with E-state index in [1.165, 1.54) is 17.8 Å². The quantitative estimate of drug-likeness (QED) is 0.704. The van der Waals surface area contributed by atoms with Gasteiger partial charge >= 0.3 is 0 Å². The fourth-order valence-corrected chi connectivity index (χ4v) is 5.80. The highest BCUT2D eigenvalue weighted by Crippen LogP contribution is 2.31. The molecule has 2 N–H and O–H groups in total. The number of benzene rings is 1. The molecule has 1 unspecified atom stereocenters. The molecule has 1 aromatic carbocycles. The number of carbonyl (C=O) groups is 1. The zero-order valence-electron chi connectivity index (χ0n) is 17.4. The van der Waals surface area contributed by atoms with Crippen LogP contribution in [0.2, 0.25) is 0 Å². The normalized spacial score (nSPS) is 20.1. The maximum atomic E-state index is 13.1. The zero-order chi connectivity index (χ0) is 20.9. The maximum Gasteiger partial charge on any atom is 0.246 e. The van der Waals surface area contributed by atoms with E-state index in [1.807, 2.05) is 0 Å². The van der Waals surface area contributed by atoms with E-state index in [-0.39, 0.29) is 16.8 Å². The lowest BCUT2D eigenvalue weighted by Crippen LogP contribution is -2.44. The second-order valence-electron chi connectivity index (χ2n) is 8.04. The second kappa shape index (κ2) is 9.80. The van der Waals surface area contributed by atoms with E-state index in [2.05, 4.69) is 10.6 Å². The van der Waals surface area contributed by atoms with Crippen molar-refractivity contribution in [2.45, 2.75) is 75.3 Å². The first-order chi connectivity index (χ1) is 13.9. The Morgan fingerprint density at radius 1 is 1.10 bits per heavy atom. The number of methoxy groups -OCH3 is 1. The maximum absolute atomic E-state index is 13.1. The fraction of sp³-hybridized carbons (Fsp3) is 0.667. The van der Waals surface area contributed by atoms with E-state index in [1.54, 1.807) is 25.1 Å². The van der Waals surface area contributed by atoms with Crippen molar-refractivity contribution in [3.63, 3.8) is 0 Å². The van der Waals surface area contributed by atoms with E-state index in [0.717, 1.165) is 44.9 Å². The SMILES string of the molecule is COc1ccc(NC(C)C(=O)NC2CCCCC2)cc1S(=O)(=O)N1CCCCC1. The largest absolute Gasteiger partial charge is 0.495 e. The van der Waals surface area contributed by atoms with E-state index in [0.29, 0.717) is 24.5 Å². The highest BCUT2D eigenvalue weighted by molar-refractivity contribution is 7.89. The summed E-state index contributed by atoms with van der Waals surface area (Å²) >= 11 is 0. The van der Waals surface area contributed by atoms with Gasteiger partial charge < -0.3 is 15.4 Å². The zero-order valence-corrected chi connectivity index (χ0v) is 18.3. The van der Waals surface area contributed by atoms with Crippen LogP contribution in [0.5, 0.6) is 5.75 Å². The van der Waals surface area contributed by atoms with Crippen molar-refractivity contribution >= 4 is 21.6 Å². The summed E-state index contributed by atoms with van der Waals surface area (Å²) in [6.45, 7) is 2.86. The number of rotatable bonds is 7. The molecule has 0 spiro atoms. The molecule has 3 rings (SSSR count). The summed E-state index contributed by atoms with van der Waals surface area (Å²) in [7, 11) is -2.17. The van der Waals surface area contributed by atoms with Crippen LogP contribution in [-0.2, 0) is 14.8 Å². The molecular formula is C21H33N3O4S. The van der Waals surface area contributed by atoms with Gasteiger partial charge in [0.05, 0.1) is 7.11 Å². The lowest BCUT2D eigenvalue weighted by atomic mass is 9.95. The number of nitrogens with zero attached hydrogens (tertiary/aromatic N) is 1. The Balaban J connectivity index is 1.73. The number of piperidine rings is 1. The Labute approximate surface area is 174 Å². The summed E-state index contributed by atoms with van der Waals surface area (Å²) in [5.41, 5.74) is 0.590. The first kappa shape index (κ1) is 21.9. The first-order valence-corrected chi connectivity index (χ1v) is 12.1. The number of anilines is 1. The lowest BCUT2D eigenvalue weighted by molar-refractivity contribution is -0.122. The fourth-order valence-electron chi connectivity index (χ4n) is 4.10. The summed E-state index contributed by atoms with van der Waals surface area (Å²) in [4.78, 5) is 12.7. The summed E-state index contributed by atoms with van der Waals surface area (Å²) in [6, 6.07) is 4.75. The first-order valence-electron chi connectivity index (χ1n) is 10.7. The van der Waals surface area contributed by atoms with Gasteiger partial charge in [-0.3, -0.25) is 4.79 Å². The van der Waals surface area contributed by atoms with Crippen molar-refractivity contribution in [3.8, 4) is 5.75 Å². The Hall–Kier alpha value is -1.80. The van der Waals surface area contributed by atoms with Crippen LogP contribution in [0.4, 0.5) is 5.69 Å². The van der Waals surface area contributed by atoms with Gasteiger partial charge in [0.1, 0.15) is 16.7 Å². The Morgan fingerprint density at radius 3 is 2.41 bits per heavy atom. The molecule has 1 aliphatic carbocycles. The van der Waals surface area contributed by atoms with Gasteiger partial charge in [-0.1, -0.05) is 25.7 Å². The van der Waals surface area contributed by atoms with Crippen molar-refractivity contribution < 1.29 is 17.9 Å². The van der Waals surface area contributed by atoms with Crippen LogP contribution in [0.25, 0.3) is 0 Å². The molecule has 8 heteroatoms. The summed E-state index contributed by atoms with van der Waals surface area (Å²) in [6.07, 6.45) is 8.40. The molecule has 1 saturated heterocycles. The number of amides is 1. The molecule has 1 saturated carbocycles. The minimum absolute atomic E-state index is 0.0619. The molecule has 2 aliphatic rings. The second-order valence-corrected chi connectivity index (χ2v) is 9.95. The minimum atomic E-state index is -3.64. The molecule has 1 heterocycles. The number of sulfonamides is 1. The average molecular weight is 424 g/mol. The van der Waals surface area contributed by atoms with Crippen molar-refractivity contribution in [2.75, 3.05) is 25.5 Å². The molecule has 0 bridgehead atoms. The van der Waals surface area contributed by atoms with Gasteiger partial charge in [0, 0.05) is 24.8 Å². The van der Waals surface area contributed by atoms with E-state index >= 15 is 0 Å². The summed E-state index contributed by atoms with van der Waals surface area (Å²) < 4.78 is 33.1. The topological polar surface area (TPSA) is 87.7 Å². The molecule has 0 aromatic heterocycles. The molecule has 1 aliphatic heterocycles. The van der Waals surface area contributed by atoms with Gasteiger partial charge in [-0.05, 0) is 50.8 Å². The van der Waals surface area contributed by atoms with Crippen LogP contribution in [0.15, 0.2) is 23.1 Å². The molecule has 29 heavy (non-hydrogen) atoms. The Kier molecular flexibility index (Phi) is 7.40. The van der Waals surface area contributed by atoms with Gasteiger partial charge in [0.25, 0.3) is 0 Å². The molecule has 1 amide bonds. The van der Waals surface area contributed by atoms with Crippen LogP contribution in [0, 0.1) is 0 Å². The van der Waals surface area contributed by atoms with Crippen molar-refractivity contribution in [2.24, 2.45) is 0 Å². The summed E-state index contributed by atoms with van der Waals surface area (Å²) in [5, 5.41) is 6.25. The van der Waals surface area contributed by atoms with Gasteiger partial charge in [-0.2, -0.15) is 4.31 Å². The molecule has 2 fully saturated rings. The predicted molar refractivity (Wildman–Crippen MR) is 114 cm³/mol. The van der Waals surface area contributed by atoms with E-state index in [9.17, 15) is 13.2 Å². The highest BCUT2D eigenvalue weighted by Gasteiger charge is 2.29. The number of nitrogens with one attached hydrogen (secondary N) is 2. The Morgan fingerprint density at radius 2 is 1.76 bits per heavy atom. The highest BCUT2D eigenvalue weighted by atomic mass is 32.2. The monoisotopic (exact) mass is 423 g/mol. The molecule has 7 nitrogen and oxygen atoms in total. The molecule has 1 atom stereocenters. The number of carbonyl (C=O) groups excluding carboxylic acids is 1. The van der Waals surface area contributed by atoms with E-state index in [4.69, 9.17) is 4.74 Å². The minimum Gasteiger partial charge on any atom is -0.495 e. The van der Waals surface area contributed by atoms with Crippen molar-refractivity contribution in [3.05, 3.63) is 18.2 Å².